The van der Waals surface area contributed by atoms with E-state index in [4.69, 9.17) is 9.47 Å². The minimum atomic E-state index is -0.375. The summed E-state index contributed by atoms with van der Waals surface area (Å²) in [7, 11) is 1.42. The van der Waals surface area contributed by atoms with E-state index in [0.29, 0.717) is 42.2 Å². The standard InChI is InChI=1S/C26H34N4O5/c1-4-23(28-12-14-29(15-13-28)26(33)34-3)19-8-6-18(7-9-19)17-30-24(31)21-16-20(35-5-2)10-11-22(21)27-25(30)32/h4-5,10-11,16,18-19H,2,6-9,12-15,17H2,1,3H3,(H,27,32). The van der Waals surface area contributed by atoms with Crippen LogP contribution in [-0.4, -0.2) is 58.7 Å². The maximum Gasteiger partial charge on any atom is 0.409 e. The highest BCUT2D eigenvalue weighted by Gasteiger charge is 2.29. The van der Waals surface area contributed by atoms with E-state index in [0.717, 1.165) is 38.8 Å². The molecule has 2 aliphatic rings. The summed E-state index contributed by atoms with van der Waals surface area (Å²) in [4.78, 5) is 44.5. The molecule has 0 radical (unpaired) electrons. The van der Waals surface area contributed by atoms with Gasteiger partial charge in [0.2, 0.25) is 0 Å². The summed E-state index contributed by atoms with van der Waals surface area (Å²) in [5, 5.41) is 0.430. The fourth-order valence-electron chi connectivity index (χ4n) is 5.42. The van der Waals surface area contributed by atoms with Crippen molar-refractivity contribution in [2.45, 2.75) is 39.2 Å². The van der Waals surface area contributed by atoms with Crippen LogP contribution in [0.5, 0.6) is 5.75 Å². The third-order valence-corrected chi connectivity index (χ3v) is 7.25. The fourth-order valence-corrected chi connectivity index (χ4v) is 5.42. The van der Waals surface area contributed by atoms with Gasteiger partial charge in [-0.2, -0.15) is 0 Å². The highest BCUT2D eigenvalue weighted by atomic mass is 16.5. The predicted octanol–water partition coefficient (Wildman–Crippen LogP) is 3.31. The van der Waals surface area contributed by atoms with Crippen molar-refractivity contribution >= 4 is 17.0 Å². The summed E-state index contributed by atoms with van der Waals surface area (Å²) >= 11 is 0. The van der Waals surface area contributed by atoms with Crippen LogP contribution in [0.15, 0.2) is 52.4 Å². The number of allylic oxidation sites excluding steroid dienone is 2. The van der Waals surface area contributed by atoms with Crippen molar-refractivity contribution in [2.75, 3.05) is 33.3 Å². The van der Waals surface area contributed by atoms with Crippen LogP contribution in [0.4, 0.5) is 4.79 Å². The summed E-state index contributed by atoms with van der Waals surface area (Å²) in [5.41, 5.74) is 1.17. The van der Waals surface area contributed by atoms with E-state index in [2.05, 4.69) is 29.5 Å². The van der Waals surface area contributed by atoms with Crippen LogP contribution in [-0.2, 0) is 11.3 Å². The van der Waals surface area contributed by atoms with Gasteiger partial charge in [-0.15, -0.1) is 0 Å². The van der Waals surface area contributed by atoms with E-state index < -0.39 is 0 Å². The molecule has 4 rings (SSSR count). The van der Waals surface area contributed by atoms with Crippen molar-refractivity contribution < 1.29 is 14.3 Å². The molecule has 1 saturated carbocycles. The smallest absolute Gasteiger partial charge is 0.409 e. The Labute approximate surface area is 204 Å². The molecule has 0 unspecified atom stereocenters. The number of methoxy groups -OCH3 is 1. The van der Waals surface area contributed by atoms with E-state index in [-0.39, 0.29) is 23.3 Å². The number of nitrogens with one attached hydrogen (secondary N) is 1. The second-order valence-corrected chi connectivity index (χ2v) is 9.21. The molecule has 35 heavy (non-hydrogen) atoms. The number of rotatable bonds is 6. The Bertz CT molecular complexity index is 1210. The number of hydrogen-bond donors (Lipinski definition) is 1. The first-order chi connectivity index (χ1) is 16.9. The average molecular weight is 483 g/mol. The lowest BCUT2D eigenvalue weighted by atomic mass is 9.79. The Morgan fingerprint density at radius 1 is 1.11 bits per heavy atom. The number of carbonyl (C=O) groups is 1. The number of fused-ring (bicyclic) bond motifs is 1. The fraction of sp³-hybridized carbons (Fsp3) is 0.500. The van der Waals surface area contributed by atoms with Gasteiger partial charge in [0.15, 0.2) is 0 Å². The molecule has 9 nitrogen and oxygen atoms in total. The molecular weight excluding hydrogens is 448 g/mol. The minimum Gasteiger partial charge on any atom is -0.466 e. The summed E-state index contributed by atoms with van der Waals surface area (Å²) in [6.45, 7) is 8.95. The first kappa shape index (κ1) is 24.6. The van der Waals surface area contributed by atoms with Crippen LogP contribution in [0.25, 0.3) is 10.9 Å². The van der Waals surface area contributed by atoms with Crippen molar-refractivity contribution in [3.63, 3.8) is 0 Å². The molecule has 1 aliphatic carbocycles. The molecule has 1 saturated heterocycles. The lowest BCUT2D eigenvalue weighted by molar-refractivity contribution is 0.0945. The van der Waals surface area contributed by atoms with Crippen molar-refractivity contribution in [3.8, 4) is 5.75 Å². The molecule has 188 valence electrons. The highest BCUT2D eigenvalue weighted by molar-refractivity contribution is 5.78. The Kier molecular flexibility index (Phi) is 7.63. The van der Waals surface area contributed by atoms with Crippen LogP contribution in [0, 0.1) is 11.8 Å². The second kappa shape index (κ2) is 10.8. The van der Waals surface area contributed by atoms with Gasteiger partial charge in [-0.05, 0) is 62.6 Å². The van der Waals surface area contributed by atoms with Crippen LogP contribution < -0.4 is 16.0 Å². The van der Waals surface area contributed by atoms with E-state index in [1.54, 1.807) is 23.1 Å². The lowest BCUT2D eigenvalue weighted by Gasteiger charge is -2.41. The SMILES string of the molecule is C=COc1ccc2[nH]c(=O)n(CC3CCC(C(=CC)N4CCN(C(=O)OC)CC4)CC3)c(=O)c2c1. The molecule has 1 aromatic heterocycles. The molecule has 1 N–H and O–H groups in total. The number of aromatic amines is 1. The van der Waals surface area contributed by atoms with Gasteiger partial charge < -0.3 is 24.3 Å². The zero-order valence-corrected chi connectivity index (χ0v) is 20.5. The molecule has 2 heterocycles. The third kappa shape index (κ3) is 5.28. The highest BCUT2D eigenvalue weighted by Crippen LogP contribution is 2.35. The Morgan fingerprint density at radius 2 is 1.80 bits per heavy atom. The first-order valence-electron chi connectivity index (χ1n) is 12.2. The zero-order chi connectivity index (χ0) is 24.9. The lowest BCUT2D eigenvalue weighted by Crippen LogP contribution is -2.49. The Morgan fingerprint density at radius 3 is 2.43 bits per heavy atom. The van der Waals surface area contributed by atoms with Gasteiger partial charge in [-0.1, -0.05) is 12.7 Å². The third-order valence-electron chi connectivity index (χ3n) is 7.25. The average Bonchev–Trinajstić information content (AvgIpc) is 2.88. The van der Waals surface area contributed by atoms with Crippen LogP contribution in [0.1, 0.15) is 32.6 Å². The molecule has 1 amide bonds. The van der Waals surface area contributed by atoms with Crippen molar-refractivity contribution in [2.24, 2.45) is 11.8 Å². The number of amides is 1. The van der Waals surface area contributed by atoms with Crippen molar-refractivity contribution in [3.05, 3.63) is 63.7 Å². The molecule has 2 aromatic rings. The van der Waals surface area contributed by atoms with Gasteiger partial charge in [-0.3, -0.25) is 9.36 Å². The Balaban J connectivity index is 1.40. The van der Waals surface area contributed by atoms with Crippen molar-refractivity contribution in [1.82, 2.24) is 19.4 Å². The normalized spacial score (nSPS) is 21.1. The van der Waals surface area contributed by atoms with Gasteiger partial charge in [0.25, 0.3) is 5.56 Å². The quantitative estimate of drug-likeness (QED) is 0.635. The van der Waals surface area contributed by atoms with Gasteiger partial charge in [0.1, 0.15) is 5.75 Å². The number of benzene rings is 1. The number of aromatic nitrogens is 2. The maximum atomic E-state index is 13.1. The molecule has 0 bridgehead atoms. The van der Waals surface area contributed by atoms with Gasteiger partial charge in [-0.25, -0.2) is 9.59 Å². The topological polar surface area (TPSA) is 96.9 Å². The largest absolute Gasteiger partial charge is 0.466 e. The molecule has 2 fully saturated rings. The Hall–Kier alpha value is -3.49. The monoisotopic (exact) mass is 482 g/mol. The van der Waals surface area contributed by atoms with Crippen LogP contribution in [0.2, 0.25) is 0 Å². The number of ether oxygens (including phenoxy) is 2. The number of nitrogens with zero attached hydrogens (tertiary/aromatic N) is 3. The van der Waals surface area contributed by atoms with Gasteiger partial charge >= 0.3 is 11.8 Å². The molecule has 0 spiro atoms. The molecule has 0 atom stereocenters. The maximum absolute atomic E-state index is 13.1. The van der Waals surface area contributed by atoms with E-state index in [9.17, 15) is 14.4 Å². The first-order valence-corrected chi connectivity index (χ1v) is 12.2. The van der Waals surface area contributed by atoms with Gasteiger partial charge in [0.05, 0.1) is 24.3 Å². The predicted molar refractivity (Wildman–Crippen MR) is 134 cm³/mol. The number of piperazine rings is 1. The van der Waals surface area contributed by atoms with E-state index >= 15 is 0 Å². The minimum absolute atomic E-state index is 0.268. The number of carbonyl (C=O) groups excluding carboxylic acids is 1. The van der Waals surface area contributed by atoms with Crippen LogP contribution >= 0.6 is 0 Å². The summed E-state index contributed by atoms with van der Waals surface area (Å²) < 4.78 is 11.5. The number of H-pyrrole nitrogens is 1. The number of hydrogen-bond acceptors (Lipinski definition) is 6. The second-order valence-electron chi connectivity index (χ2n) is 9.21. The summed E-state index contributed by atoms with van der Waals surface area (Å²) in [6, 6.07) is 5.01. The zero-order valence-electron chi connectivity index (χ0n) is 20.5. The molecule has 1 aromatic carbocycles. The summed E-state index contributed by atoms with van der Waals surface area (Å²) in [5.74, 6) is 1.23. The van der Waals surface area contributed by atoms with Gasteiger partial charge in [0, 0.05) is 38.4 Å². The van der Waals surface area contributed by atoms with Crippen LogP contribution in [0.3, 0.4) is 0 Å². The molecular formula is C26H34N4O5. The van der Waals surface area contributed by atoms with E-state index in [1.165, 1.54) is 23.6 Å². The summed E-state index contributed by atoms with van der Waals surface area (Å²) in [6.07, 6.45) is 7.16. The van der Waals surface area contributed by atoms with E-state index in [1.807, 2.05) is 0 Å². The van der Waals surface area contributed by atoms with Crippen molar-refractivity contribution in [1.29, 1.82) is 0 Å². The molecule has 1 aliphatic heterocycles. The molecule has 9 heteroatoms.